The summed E-state index contributed by atoms with van der Waals surface area (Å²) in [4.78, 5) is 25.4. The molecule has 1 aliphatic rings. The first-order valence-corrected chi connectivity index (χ1v) is 11.4. The summed E-state index contributed by atoms with van der Waals surface area (Å²) in [6.07, 6.45) is -2.82. The van der Waals surface area contributed by atoms with Crippen LogP contribution in [0.25, 0.3) is 10.2 Å². The molecule has 1 amide bonds. The summed E-state index contributed by atoms with van der Waals surface area (Å²) >= 11 is 1.39. The van der Waals surface area contributed by atoms with Gasteiger partial charge in [0.05, 0.1) is 10.4 Å². The average molecular weight is 463 g/mol. The van der Waals surface area contributed by atoms with Gasteiger partial charge in [0.1, 0.15) is 10.7 Å². The van der Waals surface area contributed by atoms with Crippen LogP contribution in [0, 0.1) is 20.8 Å². The Morgan fingerprint density at radius 2 is 1.91 bits per heavy atom. The molecule has 3 heterocycles. The molecular formula is C23H25F3N4OS. The fraction of sp³-hybridized carbons (Fsp3) is 0.435. The van der Waals surface area contributed by atoms with Gasteiger partial charge < -0.3 is 5.32 Å². The largest absolute Gasteiger partial charge is 0.416 e. The van der Waals surface area contributed by atoms with Crippen molar-refractivity contribution in [1.82, 2.24) is 20.2 Å². The number of carbonyl (C=O) groups excluding carboxylic acids is 1. The Hall–Kier alpha value is -2.52. The Morgan fingerprint density at radius 1 is 1.19 bits per heavy atom. The lowest BCUT2D eigenvalue weighted by Gasteiger charge is -2.32. The van der Waals surface area contributed by atoms with Crippen molar-refractivity contribution in [3.63, 3.8) is 0 Å². The number of hydrogen-bond donors (Lipinski definition) is 1. The van der Waals surface area contributed by atoms with Crippen LogP contribution in [0.3, 0.4) is 0 Å². The van der Waals surface area contributed by atoms with Crippen molar-refractivity contribution in [2.75, 3.05) is 13.1 Å². The number of aryl methyl sites for hydroxylation is 3. The lowest BCUT2D eigenvalue weighted by atomic mass is 10.0. The zero-order valence-electron chi connectivity index (χ0n) is 18.2. The highest BCUT2D eigenvalue weighted by molar-refractivity contribution is 7.20. The molecule has 1 aliphatic heterocycles. The molecule has 0 spiro atoms. The SMILES string of the molecule is Cc1nc(C)c2c(C)c(C(=O)NC3CCN(Cc4cccc(C(F)(F)F)c4)CC3)sc2n1. The molecule has 9 heteroatoms. The normalized spacial score (nSPS) is 15.9. The average Bonchev–Trinajstić information content (AvgIpc) is 3.05. The molecule has 1 saturated heterocycles. The van der Waals surface area contributed by atoms with Crippen LogP contribution in [0.5, 0.6) is 0 Å². The minimum atomic E-state index is -4.33. The number of carbonyl (C=O) groups is 1. The van der Waals surface area contributed by atoms with Gasteiger partial charge in [0.15, 0.2) is 0 Å². The van der Waals surface area contributed by atoms with E-state index in [1.54, 1.807) is 6.07 Å². The molecule has 0 bridgehead atoms. The van der Waals surface area contributed by atoms with Crippen molar-refractivity contribution in [2.24, 2.45) is 0 Å². The van der Waals surface area contributed by atoms with Crippen LogP contribution in [0.15, 0.2) is 24.3 Å². The quantitative estimate of drug-likeness (QED) is 0.591. The van der Waals surface area contributed by atoms with E-state index in [0.717, 1.165) is 53.5 Å². The summed E-state index contributed by atoms with van der Waals surface area (Å²) in [6, 6.07) is 5.52. The lowest BCUT2D eigenvalue weighted by molar-refractivity contribution is -0.137. The van der Waals surface area contributed by atoms with Gasteiger partial charge in [-0.3, -0.25) is 9.69 Å². The number of alkyl halides is 3. The van der Waals surface area contributed by atoms with Gasteiger partial charge in [-0.25, -0.2) is 9.97 Å². The smallest absolute Gasteiger partial charge is 0.349 e. The number of amides is 1. The molecule has 0 unspecified atom stereocenters. The maximum atomic E-state index is 12.9. The second-order valence-corrected chi connectivity index (χ2v) is 9.31. The van der Waals surface area contributed by atoms with Gasteiger partial charge in [-0.2, -0.15) is 13.2 Å². The number of thiophene rings is 1. The summed E-state index contributed by atoms with van der Waals surface area (Å²) in [6.45, 7) is 7.61. The monoisotopic (exact) mass is 462 g/mol. The number of benzene rings is 1. The molecule has 0 saturated carbocycles. The molecule has 1 fully saturated rings. The molecule has 3 aromatic rings. The molecule has 1 N–H and O–H groups in total. The minimum Gasteiger partial charge on any atom is -0.349 e. The fourth-order valence-electron chi connectivity index (χ4n) is 4.28. The van der Waals surface area contributed by atoms with E-state index in [9.17, 15) is 18.0 Å². The van der Waals surface area contributed by atoms with Gasteiger partial charge in [-0.1, -0.05) is 18.2 Å². The third-order valence-electron chi connectivity index (χ3n) is 5.87. The van der Waals surface area contributed by atoms with Gasteiger partial charge in [-0.05, 0) is 50.8 Å². The van der Waals surface area contributed by atoms with E-state index in [2.05, 4.69) is 20.2 Å². The van der Waals surface area contributed by atoms with E-state index in [1.807, 2.05) is 20.8 Å². The zero-order valence-corrected chi connectivity index (χ0v) is 19.0. The Bertz CT molecular complexity index is 1150. The second kappa shape index (κ2) is 8.78. The Labute approximate surface area is 188 Å². The third-order valence-corrected chi connectivity index (χ3v) is 7.06. The fourth-order valence-corrected chi connectivity index (χ4v) is 5.46. The van der Waals surface area contributed by atoms with Crippen LogP contribution in [0.1, 0.15) is 50.7 Å². The van der Waals surface area contributed by atoms with E-state index < -0.39 is 11.7 Å². The van der Waals surface area contributed by atoms with E-state index in [1.165, 1.54) is 23.5 Å². The van der Waals surface area contributed by atoms with Crippen LogP contribution in [0.2, 0.25) is 0 Å². The predicted octanol–water partition coefficient (Wildman–Crippen LogP) is 5.03. The van der Waals surface area contributed by atoms with Crippen molar-refractivity contribution < 1.29 is 18.0 Å². The first-order chi connectivity index (χ1) is 15.1. The summed E-state index contributed by atoms with van der Waals surface area (Å²) in [5.74, 6) is 0.593. The van der Waals surface area contributed by atoms with Crippen molar-refractivity contribution in [3.05, 3.63) is 57.4 Å². The van der Waals surface area contributed by atoms with Gasteiger partial charge in [0.25, 0.3) is 5.91 Å². The van der Waals surface area contributed by atoms with Crippen molar-refractivity contribution in [3.8, 4) is 0 Å². The summed E-state index contributed by atoms with van der Waals surface area (Å²) in [7, 11) is 0. The Balaban J connectivity index is 1.36. The van der Waals surface area contributed by atoms with Crippen molar-refractivity contribution in [1.29, 1.82) is 0 Å². The summed E-state index contributed by atoms with van der Waals surface area (Å²) in [5, 5.41) is 4.08. The Morgan fingerprint density at radius 3 is 2.59 bits per heavy atom. The molecule has 4 rings (SSSR count). The Kier molecular flexibility index (Phi) is 6.22. The highest BCUT2D eigenvalue weighted by atomic mass is 32.1. The zero-order chi connectivity index (χ0) is 23.0. The van der Waals surface area contributed by atoms with Crippen LogP contribution in [0.4, 0.5) is 13.2 Å². The van der Waals surface area contributed by atoms with Gasteiger partial charge in [-0.15, -0.1) is 11.3 Å². The van der Waals surface area contributed by atoms with E-state index >= 15 is 0 Å². The number of likely N-dealkylation sites (tertiary alicyclic amines) is 1. The standard InChI is InChI=1S/C23H25F3N4OS/c1-13-19-14(2)27-15(3)28-22(19)32-20(13)21(31)29-18-7-9-30(10-8-18)12-16-5-4-6-17(11-16)23(24,25)26/h4-6,11,18H,7-10,12H2,1-3H3,(H,29,31). The lowest BCUT2D eigenvalue weighted by Crippen LogP contribution is -2.44. The topological polar surface area (TPSA) is 58.1 Å². The summed E-state index contributed by atoms with van der Waals surface area (Å²) in [5.41, 5.74) is 1.81. The number of hydrogen-bond acceptors (Lipinski definition) is 5. The molecule has 2 aromatic heterocycles. The van der Waals surface area contributed by atoms with Crippen LogP contribution < -0.4 is 5.32 Å². The predicted molar refractivity (Wildman–Crippen MR) is 119 cm³/mol. The third kappa shape index (κ3) is 4.78. The highest BCUT2D eigenvalue weighted by Crippen LogP contribution is 2.32. The molecule has 5 nitrogen and oxygen atoms in total. The van der Waals surface area contributed by atoms with Crippen molar-refractivity contribution in [2.45, 2.75) is 52.4 Å². The molecule has 0 atom stereocenters. The number of piperidine rings is 1. The number of rotatable bonds is 4. The maximum absolute atomic E-state index is 12.9. The number of aromatic nitrogens is 2. The number of nitrogens with zero attached hydrogens (tertiary/aromatic N) is 3. The number of halogens is 3. The molecule has 1 aromatic carbocycles. The number of fused-ring (bicyclic) bond motifs is 1. The highest BCUT2D eigenvalue weighted by Gasteiger charge is 2.30. The second-order valence-electron chi connectivity index (χ2n) is 8.31. The maximum Gasteiger partial charge on any atom is 0.416 e. The van der Waals surface area contributed by atoms with Gasteiger partial charge in [0.2, 0.25) is 0 Å². The molecule has 32 heavy (non-hydrogen) atoms. The van der Waals surface area contributed by atoms with Crippen molar-refractivity contribution >= 4 is 27.5 Å². The van der Waals surface area contributed by atoms with E-state index in [4.69, 9.17) is 0 Å². The molecule has 0 radical (unpaired) electrons. The van der Waals surface area contributed by atoms with Gasteiger partial charge >= 0.3 is 6.18 Å². The van der Waals surface area contributed by atoms with Crippen LogP contribution >= 0.6 is 11.3 Å². The molecule has 170 valence electrons. The minimum absolute atomic E-state index is 0.0405. The first kappa shape index (κ1) is 22.7. The van der Waals surface area contributed by atoms with E-state index in [0.29, 0.717) is 22.8 Å². The van der Waals surface area contributed by atoms with Crippen LogP contribution in [-0.4, -0.2) is 39.9 Å². The summed E-state index contributed by atoms with van der Waals surface area (Å²) < 4.78 is 38.8. The molecular weight excluding hydrogens is 437 g/mol. The van der Waals surface area contributed by atoms with E-state index in [-0.39, 0.29) is 11.9 Å². The number of nitrogens with one attached hydrogen (secondary N) is 1. The molecule has 0 aliphatic carbocycles. The van der Waals surface area contributed by atoms with Gasteiger partial charge in [0, 0.05) is 36.8 Å². The van der Waals surface area contributed by atoms with Crippen LogP contribution in [-0.2, 0) is 12.7 Å². The first-order valence-electron chi connectivity index (χ1n) is 10.6.